The molecule has 25 heavy (non-hydrogen) atoms. The lowest BCUT2D eigenvalue weighted by atomic mass is 9.80. The van der Waals surface area contributed by atoms with E-state index in [4.69, 9.17) is 4.74 Å². The number of carbonyl (C=O) groups excluding carboxylic acids is 2. The Kier molecular flexibility index (Phi) is 5.46. The number of likely N-dealkylation sites (tertiary alicyclic amines) is 1. The fourth-order valence-electron chi connectivity index (χ4n) is 3.89. The summed E-state index contributed by atoms with van der Waals surface area (Å²) in [5.41, 5.74) is -0.170. The molecule has 2 fully saturated rings. The first-order chi connectivity index (χ1) is 12.1. The first-order valence-corrected chi connectivity index (χ1v) is 9.16. The molecule has 1 heterocycles. The molecule has 0 spiro atoms. The Hall–Kier alpha value is -2.24. The molecule has 0 bridgehead atoms. The molecule has 6 nitrogen and oxygen atoms in total. The van der Waals surface area contributed by atoms with Gasteiger partial charge in [0.2, 0.25) is 5.91 Å². The van der Waals surface area contributed by atoms with E-state index >= 15 is 0 Å². The van der Waals surface area contributed by atoms with Gasteiger partial charge in [0, 0.05) is 13.1 Å². The predicted molar refractivity (Wildman–Crippen MR) is 96.8 cm³/mol. The second-order valence-corrected chi connectivity index (χ2v) is 6.92. The van der Waals surface area contributed by atoms with Gasteiger partial charge in [0.05, 0.1) is 12.8 Å². The molecule has 136 valence electrons. The minimum atomic E-state index is -0.769. The average Bonchev–Trinajstić information content (AvgIpc) is 3.16. The van der Waals surface area contributed by atoms with Gasteiger partial charge >= 0.3 is 6.03 Å². The van der Waals surface area contributed by atoms with Gasteiger partial charge in [-0.05, 0) is 37.8 Å². The molecule has 1 aromatic carbocycles. The Labute approximate surface area is 148 Å². The van der Waals surface area contributed by atoms with Gasteiger partial charge in [0.15, 0.2) is 0 Å². The maximum atomic E-state index is 13.1. The average molecular weight is 345 g/mol. The number of hydrogen-bond donors (Lipinski definition) is 2. The molecule has 1 saturated heterocycles. The molecule has 0 aromatic heterocycles. The summed E-state index contributed by atoms with van der Waals surface area (Å²) >= 11 is 0. The maximum Gasteiger partial charge on any atom is 0.320 e. The number of ether oxygens (including phenoxy) is 1. The zero-order chi connectivity index (χ0) is 17.7. The summed E-state index contributed by atoms with van der Waals surface area (Å²) in [7, 11) is 1.57. The lowest BCUT2D eigenvalue weighted by Crippen LogP contribution is -2.60. The molecular formula is C19H27N3O3. The van der Waals surface area contributed by atoms with Gasteiger partial charge in [-0.3, -0.25) is 4.79 Å². The Bertz CT molecular complexity index is 620. The van der Waals surface area contributed by atoms with Crippen molar-refractivity contribution < 1.29 is 14.3 Å². The lowest BCUT2D eigenvalue weighted by molar-refractivity contribution is -0.138. The molecule has 0 atom stereocenters. The van der Waals surface area contributed by atoms with Crippen LogP contribution in [0.1, 0.15) is 44.9 Å². The monoisotopic (exact) mass is 345 g/mol. The number of carbonyl (C=O) groups is 2. The van der Waals surface area contributed by atoms with Crippen LogP contribution in [0.25, 0.3) is 0 Å². The zero-order valence-electron chi connectivity index (χ0n) is 14.8. The number of amides is 3. The lowest BCUT2D eigenvalue weighted by Gasteiger charge is -2.39. The summed E-state index contributed by atoms with van der Waals surface area (Å²) in [4.78, 5) is 27.6. The highest BCUT2D eigenvalue weighted by molar-refractivity contribution is 5.97. The van der Waals surface area contributed by atoms with Gasteiger partial charge in [-0.25, -0.2) is 4.79 Å². The van der Waals surface area contributed by atoms with E-state index in [9.17, 15) is 9.59 Å². The first kappa shape index (κ1) is 17.6. The van der Waals surface area contributed by atoms with Gasteiger partial charge in [-0.2, -0.15) is 0 Å². The summed E-state index contributed by atoms with van der Waals surface area (Å²) in [5.74, 6) is 0.682. The second-order valence-electron chi connectivity index (χ2n) is 6.92. The molecule has 3 rings (SSSR count). The molecule has 2 N–H and O–H groups in total. The van der Waals surface area contributed by atoms with E-state index in [-0.39, 0.29) is 11.9 Å². The number of nitrogens with one attached hydrogen (secondary N) is 2. The summed E-state index contributed by atoms with van der Waals surface area (Å²) in [5, 5.41) is 5.85. The number of methoxy groups -OCH3 is 1. The molecule has 1 saturated carbocycles. The van der Waals surface area contributed by atoms with Crippen molar-refractivity contribution in [3.63, 3.8) is 0 Å². The fourth-order valence-corrected chi connectivity index (χ4v) is 3.89. The van der Waals surface area contributed by atoms with Crippen molar-refractivity contribution in [3.8, 4) is 5.75 Å². The Morgan fingerprint density at radius 3 is 2.40 bits per heavy atom. The van der Waals surface area contributed by atoms with E-state index in [0.717, 1.165) is 45.2 Å². The van der Waals surface area contributed by atoms with Crippen molar-refractivity contribution in [2.75, 3.05) is 25.5 Å². The SMILES string of the molecule is COc1ccccc1NC(=O)NC1(C(=O)N2CCCC2)CCCCC1. The number of para-hydroxylation sites is 2. The number of rotatable bonds is 4. The molecule has 1 aromatic rings. The normalized spacial score (nSPS) is 19.3. The summed E-state index contributed by atoms with van der Waals surface area (Å²) in [6, 6.07) is 6.92. The summed E-state index contributed by atoms with van der Waals surface area (Å²) in [6.45, 7) is 1.60. The van der Waals surface area contributed by atoms with Crippen molar-refractivity contribution in [1.29, 1.82) is 0 Å². The minimum absolute atomic E-state index is 0.0832. The number of hydrogen-bond acceptors (Lipinski definition) is 3. The van der Waals surface area contributed by atoms with E-state index in [1.807, 2.05) is 17.0 Å². The number of anilines is 1. The molecule has 2 aliphatic rings. The van der Waals surface area contributed by atoms with E-state index in [1.54, 1.807) is 19.2 Å². The van der Waals surface area contributed by atoms with Crippen molar-refractivity contribution in [3.05, 3.63) is 24.3 Å². The largest absolute Gasteiger partial charge is 0.495 e. The van der Waals surface area contributed by atoms with Crippen LogP contribution in [-0.4, -0.2) is 42.6 Å². The molecular weight excluding hydrogens is 318 g/mol. The van der Waals surface area contributed by atoms with Crippen molar-refractivity contribution in [2.24, 2.45) is 0 Å². The predicted octanol–water partition coefficient (Wildman–Crippen LogP) is 3.14. The van der Waals surface area contributed by atoms with Crippen LogP contribution in [0.4, 0.5) is 10.5 Å². The van der Waals surface area contributed by atoms with E-state index in [2.05, 4.69) is 10.6 Å². The van der Waals surface area contributed by atoms with Gasteiger partial charge in [-0.1, -0.05) is 31.4 Å². The van der Waals surface area contributed by atoms with Crippen molar-refractivity contribution in [1.82, 2.24) is 10.2 Å². The van der Waals surface area contributed by atoms with Crippen LogP contribution in [0.5, 0.6) is 5.75 Å². The Morgan fingerprint density at radius 2 is 1.72 bits per heavy atom. The van der Waals surface area contributed by atoms with Gasteiger partial charge in [0.1, 0.15) is 11.3 Å². The minimum Gasteiger partial charge on any atom is -0.495 e. The molecule has 3 amide bonds. The smallest absolute Gasteiger partial charge is 0.320 e. The summed E-state index contributed by atoms with van der Waals surface area (Å²) < 4.78 is 5.27. The molecule has 1 aliphatic heterocycles. The standard InChI is InChI=1S/C19H27N3O3/c1-25-16-10-4-3-9-15(16)20-18(24)21-19(11-5-2-6-12-19)17(23)22-13-7-8-14-22/h3-4,9-10H,2,5-8,11-14H2,1H3,(H2,20,21,24). The topological polar surface area (TPSA) is 70.7 Å². The third-order valence-electron chi connectivity index (χ3n) is 5.22. The van der Waals surface area contributed by atoms with Crippen molar-refractivity contribution in [2.45, 2.75) is 50.5 Å². The Balaban J connectivity index is 1.73. The quantitative estimate of drug-likeness (QED) is 0.881. The van der Waals surface area contributed by atoms with Gasteiger partial charge in [-0.15, -0.1) is 0 Å². The highest BCUT2D eigenvalue weighted by Crippen LogP contribution is 2.32. The fraction of sp³-hybridized carbons (Fsp3) is 0.579. The zero-order valence-corrected chi connectivity index (χ0v) is 14.8. The molecule has 1 aliphatic carbocycles. The van der Waals surface area contributed by atoms with Gasteiger partial charge in [0.25, 0.3) is 0 Å². The van der Waals surface area contributed by atoms with Crippen LogP contribution < -0.4 is 15.4 Å². The van der Waals surface area contributed by atoms with Crippen molar-refractivity contribution >= 4 is 17.6 Å². The Morgan fingerprint density at radius 1 is 1.04 bits per heavy atom. The molecule has 0 unspecified atom stereocenters. The van der Waals surface area contributed by atoms with Crippen LogP contribution in [0, 0.1) is 0 Å². The number of nitrogens with zero attached hydrogens (tertiary/aromatic N) is 1. The maximum absolute atomic E-state index is 13.1. The summed E-state index contributed by atoms with van der Waals surface area (Å²) in [6.07, 6.45) is 6.57. The van der Waals surface area contributed by atoms with Crippen LogP contribution in [-0.2, 0) is 4.79 Å². The third kappa shape index (κ3) is 3.89. The van der Waals surface area contributed by atoms with Crippen LogP contribution >= 0.6 is 0 Å². The third-order valence-corrected chi connectivity index (χ3v) is 5.22. The van der Waals surface area contributed by atoms with E-state index < -0.39 is 5.54 Å². The van der Waals surface area contributed by atoms with E-state index in [0.29, 0.717) is 24.3 Å². The van der Waals surface area contributed by atoms with Crippen LogP contribution in [0.3, 0.4) is 0 Å². The second kappa shape index (κ2) is 7.76. The number of urea groups is 1. The highest BCUT2D eigenvalue weighted by atomic mass is 16.5. The highest BCUT2D eigenvalue weighted by Gasteiger charge is 2.43. The van der Waals surface area contributed by atoms with Crippen LogP contribution in [0.15, 0.2) is 24.3 Å². The van der Waals surface area contributed by atoms with Crippen LogP contribution in [0.2, 0.25) is 0 Å². The van der Waals surface area contributed by atoms with E-state index in [1.165, 1.54) is 0 Å². The molecule has 6 heteroatoms. The first-order valence-electron chi connectivity index (χ1n) is 9.16. The number of benzene rings is 1. The van der Waals surface area contributed by atoms with Gasteiger partial charge < -0.3 is 20.3 Å². The molecule has 0 radical (unpaired) electrons.